The van der Waals surface area contributed by atoms with Gasteiger partial charge in [-0.15, -0.1) is 0 Å². The second-order valence-corrected chi connectivity index (χ2v) is 8.18. The number of aliphatic hydroxyl groups excluding tert-OH is 2. The summed E-state index contributed by atoms with van der Waals surface area (Å²) in [6.07, 6.45) is 10.6. The number of hydrogen-bond donors (Lipinski definition) is 2. The fourth-order valence-corrected chi connectivity index (χ4v) is 3.95. The van der Waals surface area contributed by atoms with Crippen molar-refractivity contribution in [2.75, 3.05) is 13.2 Å². The van der Waals surface area contributed by atoms with Gasteiger partial charge in [-0.05, 0) is 24.7 Å². The summed E-state index contributed by atoms with van der Waals surface area (Å²) in [5.41, 5.74) is 1.91. The smallest absolute Gasteiger partial charge is 0.184 e. The molecule has 8 atom stereocenters. The monoisotopic (exact) mass is 390 g/mol. The maximum absolute atomic E-state index is 10.4. The molecule has 0 saturated carbocycles. The van der Waals surface area contributed by atoms with Gasteiger partial charge in [0.15, 0.2) is 12.6 Å². The third kappa shape index (κ3) is 4.17. The number of rotatable bonds is 4. The van der Waals surface area contributed by atoms with Gasteiger partial charge in [0.25, 0.3) is 0 Å². The Kier molecular flexibility index (Phi) is 6.16. The Morgan fingerprint density at radius 3 is 2.18 bits per heavy atom. The molecule has 2 N–H and O–H groups in total. The molecule has 0 radical (unpaired) electrons. The Bertz CT molecular complexity index is 679. The van der Waals surface area contributed by atoms with Gasteiger partial charge >= 0.3 is 0 Å². The molecule has 0 amide bonds. The van der Waals surface area contributed by atoms with Crippen LogP contribution in [0.5, 0.6) is 0 Å². The van der Waals surface area contributed by atoms with E-state index in [0.717, 1.165) is 24.0 Å². The SMILES string of the molecule is C[C@@H]1C=CC(C2OC[C@@H]3OC(C4=CC[C@H](C)C=C4)O[C@H]([C@H](O)CO)[C@@H]3O2)=CC1. The first-order valence-corrected chi connectivity index (χ1v) is 10.2. The number of fused-ring (bicyclic) bond motifs is 1. The van der Waals surface area contributed by atoms with Crippen LogP contribution in [0.1, 0.15) is 26.7 Å². The van der Waals surface area contributed by atoms with E-state index in [1.165, 1.54) is 0 Å². The first-order valence-electron chi connectivity index (χ1n) is 10.2. The van der Waals surface area contributed by atoms with Crippen LogP contribution in [0.15, 0.2) is 47.6 Å². The van der Waals surface area contributed by atoms with E-state index in [9.17, 15) is 10.2 Å². The molecule has 4 aliphatic rings. The van der Waals surface area contributed by atoms with Gasteiger partial charge in [0.05, 0.1) is 13.2 Å². The fourth-order valence-electron chi connectivity index (χ4n) is 3.95. The highest BCUT2D eigenvalue weighted by molar-refractivity contribution is 5.28. The fraction of sp³-hybridized carbons (Fsp3) is 0.636. The van der Waals surface area contributed by atoms with Crippen molar-refractivity contribution < 1.29 is 29.2 Å². The maximum atomic E-state index is 10.4. The van der Waals surface area contributed by atoms with Gasteiger partial charge in [-0.2, -0.15) is 0 Å². The molecule has 2 heterocycles. The molecule has 0 bridgehead atoms. The zero-order valence-corrected chi connectivity index (χ0v) is 16.4. The first-order chi connectivity index (χ1) is 13.5. The minimum absolute atomic E-state index is 0.345. The highest BCUT2D eigenvalue weighted by Crippen LogP contribution is 2.35. The molecule has 2 unspecified atom stereocenters. The molecule has 2 aliphatic heterocycles. The van der Waals surface area contributed by atoms with E-state index in [1.807, 2.05) is 12.2 Å². The van der Waals surface area contributed by atoms with Crippen LogP contribution in [0.3, 0.4) is 0 Å². The van der Waals surface area contributed by atoms with E-state index < -0.39 is 37.5 Å². The van der Waals surface area contributed by atoms with E-state index in [2.05, 4.69) is 38.2 Å². The van der Waals surface area contributed by atoms with Crippen molar-refractivity contribution in [1.82, 2.24) is 0 Å². The molecular formula is C22H30O6. The van der Waals surface area contributed by atoms with Crippen molar-refractivity contribution in [1.29, 1.82) is 0 Å². The van der Waals surface area contributed by atoms with Gasteiger partial charge in [0, 0.05) is 11.1 Å². The van der Waals surface area contributed by atoms with E-state index in [0.29, 0.717) is 18.4 Å². The summed E-state index contributed by atoms with van der Waals surface area (Å²) in [4.78, 5) is 0. The summed E-state index contributed by atoms with van der Waals surface area (Å²) in [5, 5.41) is 19.9. The van der Waals surface area contributed by atoms with Crippen LogP contribution >= 0.6 is 0 Å². The lowest BCUT2D eigenvalue weighted by molar-refractivity contribution is -0.353. The summed E-state index contributed by atoms with van der Waals surface area (Å²) in [6.45, 7) is 4.26. The van der Waals surface area contributed by atoms with E-state index >= 15 is 0 Å². The van der Waals surface area contributed by atoms with Crippen molar-refractivity contribution in [3.05, 3.63) is 47.6 Å². The molecule has 0 spiro atoms. The lowest BCUT2D eigenvalue weighted by atomic mass is 9.95. The molecule has 154 valence electrons. The Hall–Kier alpha value is -1.28. The van der Waals surface area contributed by atoms with Gasteiger partial charge in [-0.1, -0.05) is 50.3 Å². The van der Waals surface area contributed by atoms with Gasteiger partial charge < -0.3 is 29.2 Å². The molecule has 0 aromatic heterocycles. The average molecular weight is 390 g/mol. The van der Waals surface area contributed by atoms with Gasteiger partial charge in [-0.25, -0.2) is 0 Å². The van der Waals surface area contributed by atoms with Gasteiger partial charge in [0.2, 0.25) is 0 Å². The predicted octanol–water partition coefficient (Wildman–Crippen LogP) is 2.24. The standard InChI is InChI=1S/C22H30O6/c1-13-3-7-15(8-4-13)21-25-12-18-20(28-21)19(17(24)11-23)27-22(26-18)16-9-5-14(2)6-10-16/h3,5,7-10,13-14,17-24H,4,6,11-12H2,1-2H3/t13-,14-,17-,18+,19-,20-,21?,22?/m1/s1. The Morgan fingerprint density at radius 1 is 0.964 bits per heavy atom. The minimum atomic E-state index is -1.05. The van der Waals surface area contributed by atoms with E-state index in [-0.39, 0.29) is 6.10 Å². The maximum Gasteiger partial charge on any atom is 0.184 e. The summed E-state index contributed by atoms with van der Waals surface area (Å²) >= 11 is 0. The van der Waals surface area contributed by atoms with Crippen LogP contribution in [-0.4, -0.2) is 60.4 Å². The quantitative estimate of drug-likeness (QED) is 0.767. The predicted molar refractivity (Wildman–Crippen MR) is 103 cm³/mol. The molecule has 28 heavy (non-hydrogen) atoms. The average Bonchev–Trinajstić information content (AvgIpc) is 2.73. The number of allylic oxidation sites excluding steroid dienone is 4. The van der Waals surface area contributed by atoms with Gasteiger partial charge in [0.1, 0.15) is 24.4 Å². The van der Waals surface area contributed by atoms with Gasteiger partial charge in [-0.3, -0.25) is 0 Å². The molecule has 2 aliphatic carbocycles. The van der Waals surface area contributed by atoms with Crippen molar-refractivity contribution in [2.24, 2.45) is 11.8 Å². The van der Waals surface area contributed by atoms with Crippen LogP contribution in [0, 0.1) is 11.8 Å². The van der Waals surface area contributed by atoms with Crippen LogP contribution in [0.25, 0.3) is 0 Å². The molecule has 2 saturated heterocycles. The lowest BCUT2D eigenvalue weighted by Gasteiger charge is -2.47. The summed E-state index contributed by atoms with van der Waals surface area (Å²) in [6, 6.07) is 0. The van der Waals surface area contributed by atoms with Crippen molar-refractivity contribution in [2.45, 2.75) is 63.7 Å². The summed E-state index contributed by atoms with van der Waals surface area (Å²) in [5.74, 6) is 0.992. The van der Waals surface area contributed by atoms with Crippen LogP contribution in [0.2, 0.25) is 0 Å². The zero-order chi connectivity index (χ0) is 19.7. The van der Waals surface area contributed by atoms with Crippen molar-refractivity contribution >= 4 is 0 Å². The number of ether oxygens (including phenoxy) is 4. The molecule has 6 heteroatoms. The molecule has 6 nitrogen and oxygen atoms in total. The van der Waals surface area contributed by atoms with Crippen LogP contribution in [0.4, 0.5) is 0 Å². The Labute approximate surface area is 166 Å². The Morgan fingerprint density at radius 2 is 1.61 bits per heavy atom. The second-order valence-electron chi connectivity index (χ2n) is 8.18. The first kappa shape index (κ1) is 20.0. The molecule has 0 aromatic rings. The molecular weight excluding hydrogens is 360 g/mol. The topological polar surface area (TPSA) is 77.4 Å². The third-order valence-electron chi connectivity index (χ3n) is 5.76. The summed E-state index contributed by atoms with van der Waals surface area (Å²) < 4.78 is 24.3. The molecule has 2 fully saturated rings. The Balaban J connectivity index is 1.50. The van der Waals surface area contributed by atoms with E-state index in [4.69, 9.17) is 18.9 Å². The number of hydrogen-bond acceptors (Lipinski definition) is 6. The highest BCUT2D eigenvalue weighted by Gasteiger charge is 2.48. The minimum Gasteiger partial charge on any atom is -0.394 e. The lowest BCUT2D eigenvalue weighted by Crippen LogP contribution is -2.61. The summed E-state index contributed by atoms with van der Waals surface area (Å²) in [7, 11) is 0. The molecule has 4 rings (SSSR count). The van der Waals surface area contributed by atoms with Crippen molar-refractivity contribution in [3.8, 4) is 0 Å². The van der Waals surface area contributed by atoms with Crippen molar-refractivity contribution in [3.63, 3.8) is 0 Å². The zero-order valence-electron chi connectivity index (χ0n) is 16.4. The van der Waals surface area contributed by atoms with Crippen LogP contribution in [-0.2, 0) is 18.9 Å². The molecule has 0 aromatic carbocycles. The van der Waals surface area contributed by atoms with Crippen LogP contribution < -0.4 is 0 Å². The highest BCUT2D eigenvalue weighted by atomic mass is 16.8. The number of aliphatic hydroxyl groups is 2. The normalized spacial score (nSPS) is 41.8. The second kappa shape index (κ2) is 8.61. The third-order valence-corrected chi connectivity index (χ3v) is 5.76. The van der Waals surface area contributed by atoms with E-state index in [1.54, 1.807) is 0 Å². The largest absolute Gasteiger partial charge is 0.394 e.